The number of hydrogen-bond donors (Lipinski definition) is 0. The lowest BCUT2D eigenvalue weighted by atomic mass is 10.1. The van der Waals surface area contributed by atoms with E-state index in [9.17, 15) is 18.0 Å². The van der Waals surface area contributed by atoms with Gasteiger partial charge in [-0.15, -0.1) is 0 Å². The fraction of sp³-hybridized carbons (Fsp3) is 0.300. The molecular weight excluding hydrogens is 289 g/mol. The zero-order valence-corrected chi connectivity index (χ0v) is 9.85. The third kappa shape index (κ3) is 2.55. The molecule has 6 heteroatoms. The van der Waals surface area contributed by atoms with E-state index in [1.807, 2.05) is 0 Å². The highest BCUT2D eigenvalue weighted by atomic mass is 79.9. The lowest BCUT2D eigenvalue weighted by molar-refractivity contribution is -0.149. The summed E-state index contributed by atoms with van der Waals surface area (Å²) in [4.78, 5) is 11.1. The van der Waals surface area contributed by atoms with Crippen molar-refractivity contribution in [1.82, 2.24) is 0 Å². The number of rotatable bonds is 3. The largest absolute Gasteiger partial charge is 0.464 e. The molecule has 0 aromatic heterocycles. The average Bonchev–Trinajstić information content (AvgIpc) is 2.24. The number of ether oxygens (including phenoxy) is 1. The lowest BCUT2D eigenvalue weighted by Crippen LogP contribution is -2.14. The van der Waals surface area contributed by atoms with Crippen LogP contribution in [0.15, 0.2) is 16.6 Å². The molecule has 0 aliphatic carbocycles. The van der Waals surface area contributed by atoms with Gasteiger partial charge in [-0.2, -0.15) is 0 Å². The molecule has 0 bridgehead atoms. The second-order valence-corrected chi connectivity index (χ2v) is 3.73. The summed E-state index contributed by atoms with van der Waals surface area (Å²) >= 11 is 2.85. The molecule has 0 heterocycles. The molecule has 0 aliphatic heterocycles. The predicted molar refractivity (Wildman–Crippen MR) is 54.5 cm³/mol. The Morgan fingerprint density at radius 2 is 2.12 bits per heavy atom. The van der Waals surface area contributed by atoms with Crippen molar-refractivity contribution in [2.45, 2.75) is 13.1 Å². The van der Waals surface area contributed by atoms with Crippen LogP contribution in [-0.4, -0.2) is 12.6 Å². The van der Waals surface area contributed by atoms with Gasteiger partial charge in [0.1, 0.15) is 0 Å². The molecule has 2 nitrogen and oxygen atoms in total. The van der Waals surface area contributed by atoms with Gasteiger partial charge in [0.05, 0.1) is 12.2 Å². The maximum Gasteiger partial charge on any atom is 0.345 e. The Bertz CT molecular complexity index is 409. The normalized spacial score (nSPS) is 12.3. The lowest BCUT2D eigenvalue weighted by Gasteiger charge is -2.10. The first-order valence-electron chi connectivity index (χ1n) is 4.43. The minimum absolute atomic E-state index is 0.0213. The van der Waals surface area contributed by atoms with Crippen LogP contribution in [0.2, 0.25) is 0 Å². The Hall–Kier alpha value is -1.04. The number of benzene rings is 1. The van der Waals surface area contributed by atoms with E-state index >= 15 is 0 Å². The molecule has 1 atom stereocenters. The van der Waals surface area contributed by atoms with Crippen LogP contribution < -0.4 is 0 Å². The van der Waals surface area contributed by atoms with Gasteiger partial charge >= 0.3 is 5.97 Å². The van der Waals surface area contributed by atoms with Gasteiger partial charge in [0.2, 0.25) is 6.17 Å². The zero-order chi connectivity index (χ0) is 12.3. The summed E-state index contributed by atoms with van der Waals surface area (Å²) in [7, 11) is 0. The molecule has 0 radical (unpaired) electrons. The van der Waals surface area contributed by atoms with Gasteiger partial charge < -0.3 is 4.74 Å². The first-order valence-corrected chi connectivity index (χ1v) is 5.22. The van der Waals surface area contributed by atoms with Crippen LogP contribution in [0.3, 0.4) is 0 Å². The molecule has 0 saturated heterocycles. The Morgan fingerprint density at radius 3 is 2.69 bits per heavy atom. The molecule has 0 aliphatic rings. The van der Waals surface area contributed by atoms with Crippen LogP contribution in [-0.2, 0) is 9.53 Å². The van der Waals surface area contributed by atoms with E-state index in [-0.39, 0.29) is 11.1 Å². The predicted octanol–water partition coefficient (Wildman–Crippen LogP) is 3.30. The molecular formula is C10H8BrF3O2. The number of carbonyl (C=O) groups is 1. The minimum Gasteiger partial charge on any atom is -0.464 e. The molecule has 1 rings (SSSR count). The first-order chi connectivity index (χ1) is 7.49. The van der Waals surface area contributed by atoms with E-state index in [1.54, 1.807) is 0 Å². The number of hydrogen-bond acceptors (Lipinski definition) is 2. The Kier molecular flexibility index (Phi) is 4.35. The third-order valence-electron chi connectivity index (χ3n) is 1.83. The summed E-state index contributed by atoms with van der Waals surface area (Å²) in [6.07, 6.45) is -2.34. The van der Waals surface area contributed by atoms with Crippen molar-refractivity contribution in [2.75, 3.05) is 6.61 Å². The quantitative estimate of drug-likeness (QED) is 0.632. The number of halogens is 4. The highest BCUT2D eigenvalue weighted by molar-refractivity contribution is 9.10. The van der Waals surface area contributed by atoms with E-state index < -0.39 is 29.3 Å². The van der Waals surface area contributed by atoms with E-state index in [1.165, 1.54) is 6.92 Å². The third-order valence-corrected chi connectivity index (χ3v) is 2.52. The van der Waals surface area contributed by atoms with Crippen LogP contribution in [0, 0.1) is 11.6 Å². The Balaban J connectivity index is 3.12. The molecule has 0 N–H and O–H groups in total. The summed E-state index contributed by atoms with van der Waals surface area (Å²) in [6, 6.07) is 1.96. The summed E-state index contributed by atoms with van der Waals surface area (Å²) in [5, 5.41) is 0. The van der Waals surface area contributed by atoms with Gasteiger partial charge in [-0.1, -0.05) is 15.9 Å². The zero-order valence-electron chi connectivity index (χ0n) is 8.27. The molecule has 0 fully saturated rings. The minimum atomic E-state index is -2.34. The topological polar surface area (TPSA) is 26.3 Å². The van der Waals surface area contributed by atoms with Crippen molar-refractivity contribution in [3.05, 3.63) is 33.8 Å². The van der Waals surface area contributed by atoms with Gasteiger partial charge in [-0.25, -0.2) is 18.0 Å². The van der Waals surface area contributed by atoms with Crippen molar-refractivity contribution in [1.29, 1.82) is 0 Å². The molecule has 0 saturated carbocycles. The number of esters is 1. The van der Waals surface area contributed by atoms with Gasteiger partial charge in [-0.05, 0) is 19.1 Å². The summed E-state index contributed by atoms with van der Waals surface area (Å²) in [5.41, 5.74) is -0.682. The molecule has 0 amide bonds. The fourth-order valence-electron chi connectivity index (χ4n) is 1.11. The monoisotopic (exact) mass is 296 g/mol. The standard InChI is InChI=1S/C10H8BrF3O2/c1-2-16-10(15)9(14)7-5(11)3-4-6(12)8(7)13/h3-4,9H,2H2,1H3. The summed E-state index contributed by atoms with van der Waals surface area (Å²) < 4.78 is 44.0. The van der Waals surface area contributed by atoms with E-state index in [2.05, 4.69) is 20.7 Å². The maximum atomic E-state index is 13.5. The second kappa shape index (κ2) is 5.34. The van der Waals surface area contributed by atoms with E-state index in [0.717, 1.165) is 12.1 Å². The second-order valence-electron chi connectivity index (χ2n) is 2.87. The van der Waals surface area contributed by atoms with Gasteiger partial charge in [0.15, 0.2) is 11.6 Å². The highest BCUT2D eigenvalue weighted by Gasteiger charge is 2.28. The molecule has 16 heavy (non-hydrogen) atoms. The first kappa shape index (κ1) is 13.0. The van der Waals surface area contributed by atoms with Crippen LogP contribution in [0.4, 0.5) is 13.2 Å². The van der Waals surface area contributed by atoms with Crippen LogP contribution in [0.25, 0.3) is 0 Å². The van der Waals surface area contributed by atoms with Gasteiger partial charge in [-0.3, -0.25) is 0 Å². The van der Waals surface area contributed by atoms with Crippen LogP contribution in [0.1, 0.15) is 18.7 Å². The van der Waals surface area contributed by atoms with Crippen LogP contribution in [0.5, 0.6) is 0 Å². The van der Waals surface area contributed by atoms with E-state index in [4.69, 9.17) is 0 Å². The van der Waals surface area contributed by atoms with Crippen LogP contribution >= 0.6 is 15.9 Å². The smallest absolute Gasteiger partial charge is 0.345 e. The van der Waals surface area contributed by atoms with Crippen molar-refractivity contribution in [3.8, 4) is 0 Å². The SMILES string of the molecule is CCOC(=O)C(F)c1c(Br)ccc(F)c1F. The molecule has 1 aromatic rings. The van der Waals surface area contributed by atoms with Crippen molar-refractivity contribution in [2.24, 2.45) is 0 Å². The van der Waals surface area contributed by atoms with Crippen molar-refractivity contribution >= 4 is 21.9 Å². The summed E-state index contributed by atoms with van der Waals surface area (Å²) in [6.45, 7) is 1.45. The fourth-order valence-corrected chi connectivity index (χ4v) is 1.62. The number of alkyl halides is 1. The molecule has 1 unspecified atom stereocenters. The summed E-state index contributed by atoms with van der Waals surface area (Å²) in [5.74, 6) is -3.85. The average molecular weight is 297 g/mol. The Morgan fingerprint density at radius 1 is 1.50 bits per heavy atom. The maximum absolute atomic E-state index is 13.5. The van der Waals surface area contributed by atoms with Crippen molar-refractivity contribution < 1.29 is 22.7 Å². The van der Waals surface area contributed by atoms with Gasteiger partial charge in [0.25, 0.3) is 0 Å². The molecule has 1 aromatic carbocycles. The van der Waals surface area contributed by atoms with E-state index in [0.29, 0.717) is 0 Å². The van der Waals surface area contributed by atoms with Gasteiger partial charge in [0, 0.05) is 4.47 Å². The molecule has 0 spiro atoms. The number of carbonyl (C=O) groups excluding carboxylic acids is 1. The Labute approximate surface area is 98.5 Å². The highest BCUT2D eigenvalue weighted by Crippen LogP contribution is 2.31. The molecule has 88 valence electrons. The van der Waals surface area contributed by atoms with Crippen molar-refractivity contribution in [3.63, 3.8) is 0 Å².